The average Bonchev–Trinajstić information content (AvgIpc) is 3.55. The van der Waals surface area contributed by atoms with Gasteiger partial charge in [-0.3, -0.25) is 0 Å². The predicted octanol–water partition coefficient (Wildman–Crippen LogP) is 13.2. The minimum Gasteiger partial charge on any atom is -0.456 e. The van der Waals surface area contributed by atoms with E-state index in [2.05, 4.69) is 187 Å². The van der Waals surface area contributed by atoms with Gasteiger partial charge in [0.15, 0.2) is 0 Å². The van der Waals surface area contributed by atoms with Gasteiger partial charge >= 0.3 is 0 Å². The van der Waals surface area contributed by atoms with Crippen LogP contribution in [0.4, 0.5) is 17.1 Å². The van der Waals surface area contributed by atoms with Crippen molar-refractivity contribution in [2.24, 2.45) is 0 Å². The first kappa shape index (κ1) is 27.9. The second-order valence-corrected chi connectivity index (χ2v) is 12.2. The summed E-state index contributed by atoms with van der Waals surface area (Å²) in [6.45, 7) is 0. The molecule has 8 aromatic carbocycles. The van der Waals surface area contributed by atoms with Crippen LogP contribution in [0.1, 0.15) is 0 Å². The van der Waals surface area contributed by atoms with E-state index in [1.807, 2.05) is 6.07 Å². The first-order chi connectivity index (χ1) is 23.8. The van der Waals surface area contributed by atoms with Crippen molar-refractivity contribution in [3.63, 3.8) is 0 Å². The average molecular weight is 614 g/mol. The van der Waals surface area contributed by atoms with E-state index in [4.69, 9.17) is 4.42 Å². The molecule has 9 rings (SSSR count). The fraction of sp³-hybridized carbons (Fsp3) is 0. The van der Waals surface area contributed by atoms with Gasteiger partial charge in [0.25, 0.3) is 0 Å². The molecular formula is C46H31NO. The van der Waals surface area contributed by atoms with Crippen molar-refractivity contribution in [1.82, 2.24) is 0 Å². The zero-order valence-corrected chi connectivity index (χ0v) is 26.3. The molecule has 0 aliphatic rings. The molecule has 0 aliphatic heterocycles. The molecule has 0 N–H and O–H groups in total. The number of furan rings is 1. The first-order valence-corrected chi connectivity index (χ1v) is 16.3. The van der Waals surface area contributed by atoms with Gasteiger partial charge in [-0.15, -0.1) is 0 Å². The van der Waals surface area contributed by atoms with Gasteiger partial charge in [-0.2, -0.15) is 0 Å². The summed E-state index contributed by atoms with van der Waals surface area (Å²) in [5, 5.41) is 4.63. The lowest BCUT2D eigenvalue weighted by Gasteiger charge is -2.26. The van der Waals surface area contributed by atoms with Crippen molar-refractivity contribution < 1.29 is 4.42 Å². The summed E-state index contributed by atoms with van der Waals surface area (Å²) in [6.07, 6.45) is 0. The largest absolute Gasteiger partial charge is 0.456 e. The Kier molecular flexibility index (Phi) is 6.84. The third-order valence-electron chi connectivity index (χ3n) is 9.25. The van der Waals surface area contributed by atoms with Gasteiger partial charge in [0.1, 0.15) is 11.2 Å². The lowest BCUT2D eigenvalue weighted by Crippen LogP contribution is -2.10. The molecule has 0 amide bonds. The fourth-order valence-corrected chi connectivity index (χ4v) is 6.96. The number of para-hydroxylation sites is 2. The molecular weight excluding hydrogens is 583 g/mol. The Bertz CT molecular complexity index is 2530. The number of rotatable bonds is 6. The van der Waals surface area contributed by atoms with Crippen LogP contribution in [-0.4, -0.2) is 0 Å². The number of benzene rings is 8. The molecule has 1 aromatic heterocycles. The van der Waals surface area contributed by atoms with Gasteiger partial charge < -0.3 is 9.32 Å². The monoisotopic (exact) mass is 613 g/mol. The fourth-order valence-electron chi connectivity index (χ4n) is 6.96. The minimum absolute atomic E-state index is 0.897. The van der Waals surface area contributed by atoms with Crippen LogP contribution >= 0.6 is 0 Å². The van der Waals surface area contributed by atoms with Crippen molar-refractivity contribution in [2.45, 2.75) is 0 Å². The Morgan fingerprint density at radius 2 is 0.875 bits per heavy atom. The summed E-state index contributed by atoms with van der Waals surface area (Å²) < 4.78 is 6.48. The number of nitrogens with zero attached hydrogens (tertiary/aromatic N) is 1. The highest BCUT2D eigenvalue weighted by atomic mass is 16.3. The topological polar surface area (TPSA) is 16.4 Å². The van der Waals surface area contributed by atoms with Crippen molar-refractivity contribution in [3.8, 4) is 33.4 Å². The van der Waals surface area contributed by atoms with Gasteiger partial charge in [-0.25, -0.2) is 0 Å². The van der Waals surface area contributed by atoms with Crippen molar-refractivity contribution >= 4 is 49.8 Å². The minimum atomic E-state index is 0.897. The van der Waals surface area contributed by atoms with Crippen LogP contribution in [0, 0.1) is 0 Å². The molecule has 0 bridgehead atoms. The van der Waals surface area contributed by atoms with E-state index in [0.29, 0.717) is 0 Å². The Morgan fingerprint density at radius 3 is 1.62 bits per heavy atom. The molecule has 2 nitrogen and oxygen atoms in total. The third-order valence-corrected chi connectivity index (χ3v) is 9.25. The highest BCUT2D eigenvalue weighted by molar-refractivity contribution is 6.22. The summed E-state index contributed by atoms with van der Waals surface area (Å²) in [6, 6.07) is 66.9. The van der Waals surface area contributed by atoms with Gasteiger partial charge in [-0.1, -0.05) is 140 Å². The van der Waals surface area contributed by atoms with E-state index in [9.17, 15) is 0 Å². The van der Waals surface area contributed by atoms with E-state index in [1.54, 1.807) is 0 Å². The van der Waals surface area contributed by atoms with Gasteiger partial charge in [0, 0.05) is 27.8 Å². The molecule has 0 spiro atoms. The van der Waals surface area contributed by atoms with Crippen molar-refractivity contribution in [2.75, 3.05) is 4.90 Å². The zero-order chi connectivity index (χ0) is 31.9. The highest BCUT2D eigenvalue weighted by Crippen LogP contribution is 2.44. The Labute approximate surface area is 279 Å². The summed E-state index contributed by atoms with van der Waals surface area (Å²) in [5.41, 5.74) is 12.2. The van der Waals surface area contributed by atoms with Crippen LogP contribution in [0.3, 0.4) is 0 Å². The normalized spacial score (nSPS) is 11.3. The molecule has 0 aliphatic carbocycles. The van der Waals surface area contributed by atoms with E-state index >= 15 is 0 Å². The lowest BCUT2D eigenvalue weighted by molar-refractivity contribution is 0.669. The standard InChI is InChI=1S/C46H31NO/c1-4-13-32(14-5-1)34-23-25-35(26-24-34)42-31-45-46(41-21-10-11-22-44(41)48-45)40-28-27-39(30-43(40)42)47(37-18-8-3-9-19-37)38-20-12-17-36(29-38)33-15-6-2-7-16-33/h1-31H. The molecule has 0 radical (unpaired) electrons. The summed E-state index contributed by atoms with van der Waals surface area (Å²) in [4.78, 5) is 2.35. The molecule has 2 heteroatoms. The smallest absolute Gasteiger partial charge is 0.136 e. The Hall–Kier alpha value is -6.38. The Balaban J connectivity index is 1.27. The molecule has 0 atom stereocenters. The second-order valence-electron chi connectivity index (χ2n) is 12.2. The van der Waals surface area contributed by atoms with Crippen LogP contribution < -0.4 is 4.90 Å². The van der Waals surface area contributed by atoms with Gasteiger partial charge in [0.2, 0.25) is 0 Å². The number of hydrogen-bond acceptors (Lipinski definition) is 2. The molecule has 9 aromatic rings. The molecule has 226 valence electrons. The molecule has 48 heavy (non-hydrogen) atoms. The van der Waals surface area contributed by atoms with Gasteiger partial charge in [0.05, 0.1) is 0 Å². The number of hydrogen-bond donors (Lipinski definition) is 0. The van der Waals surface area contributed by atoms with E-state index in [-0.39, 0.29) is 0 Å². The molecule has 1 heterocycles. The van der Waals surface area contributed by atoms with Crippen LogP contribution in [-0.2, 0) is 0 Å². The molecule has 0 unspecified atom stereocenters. The van der Waals surface area contributed by atoms with Crippen LogP contribution in [0.15, 0.2) is 192 Å². The van der Waals surface area contributed by atoms with Crippen LogP contribution in [0.5, 0.6) is 0 Å². The summed E-state index contributed by atoms with van der Waals surface area (Å²) in [5.74, 6) is 0. The van der Waals surface area contributed by atoms with E-state index in [0.717, 1.165) is 50.1 Å². The Morgan fingerprint density at radius 1 is 0.312 bits per heavy atom. The molecule has 0 saturated heterocycles. The lowest BCUT2D eigenvalue weighted by atomic mass is 9.93. The van der Waals surface area contributed by atoms with Crippen molar-refractivity contribution in [1.29, 1.82) is 0 Å². The second kappa shape index (κ2) is 11.8. The van der Waals surface area contributed by atoms with Crippen LogP contribution in [0.25, 0.3) is 66.1 Å². The molecule has 0 fully saturated rings. The van der Waals surface area contributed by atoms with Crippen molar-refractivity contribution in [3.05, 3.63) is 188 Å². The SMILES string of the molecule is c1ccc(-c2ccc(-c3cc4oc5ccccc5c4c4ccc(N(c5ccccc5)c5cccc(-c6ccccc6)c5)cc34)cc2)cc1. The van der Waals surface area contributed by atoms with Gasteiger partial charge in [-0.05, 0) is 92.7 Å². The van der Waals surface area contributed by atoms with E-state index < -0.39 is 0 Å². The maximum absolute atomic E-state index is 6.48. The summed E-state index contributed by atoms with van der Waals surface area (Å²) in [7, 11) is 0. The third kappa shape index (κ3) is 4.92. The van der Waals surface area contributed by atoms with Crippen LogP contribution in [0.2, 0.25) is 0 Å². The quantitative estimate of drug-likeness (QED) is 0.185. The zero-order valence-electron chi connectivity index (χ0n) is 26.3. The number of anilines is 3. The number of fused-ring (bicyclic) bond motifs is 5. The van der Waals surface area contributed by atoms with E-state index in [1.165, 1.54) is 33.0 Å². The predicted molar refractivity (Wildman–Crippen MR) is 202 cm³/mol. The first-order valence-electron chi connectivity index (χ1n) is 16.3. The summed E-state index contributed by atoms with van der Waals surface area (Å²) >= 11 is 0. The molecule has 0 saturated carbocycles. The maximum atomic E-state index is 6.48. The maximum Gasteiger partial charge on any atom is 0.136 e. The highest BCUT2D eigenvalue weighted by Gasteiger charge is 2.19.